The summed E-state index contributed by atoms with van der Waals surface area (Å²) in [4.78, 5) is 0. The van der Waals surface area contributed by atoms with Crippen LogP contribution in [0.4, 0.5) is 14.5 Å². The molecule has 0 unspecified atom stereocenters. The maximum absolute atomic E-state index is 13.4. The largest absolute Gasteiger partial charge is 0.381 e. The smallest absolute Gasteiger partial charge is 0.128 e. The van der Waals surface area contributed by atoms with Gasteiger partial charge in [0.15, 0.2) is 0 Å². The van der Waals surface area contributed by atoms with Crippen LogP contribution in [0, 0.1) is 23.0 Å². The van der Waals surface area contributed by atoms with E-state index in [1.165, 1.54) is 6.07 Å². The van der Waals surface area contributed by atoms with E-state index in [4.69, 9.17) is 5.26 Å². The molecule has 1 N–H and O–H groups in total. The van der Waals surface area contributed by atoms with Gasteiger partial charge in [-0.15, -0.1) is 0 Å². The van der Waals surface area contributed by atoms with Crippen LogP contribution in [0.15, 0.2) is 42.5 Å². The highest BCUT2D eigenvalue weighted by atomic mass is 19.1. The third-order valence-corrected chi connectivity index (χ3v) is 2.73. The summed E-state index contributed by atoms with van der Waals surface area (Å²) in [6.07, 6.45) is 0.360. The fraction of sp³-hybridized carbons (Fsp3) is 0.133. The molecule has 0 radical (unpaired) electrons. The van der Waals surface area contributed by atoms with E-state index < -0.39 is 11.6 Å². The van der Waals surface area contributed by atoms with Gasteiger partial charge in [-0.2, -0.15) is 5.26 Å². The van der Waals surface area contributed by atoms with Crippen LogP contribution >= 0.6 is 0 Å². The van der Waals surface area contributed by atoms with Crippen LogP contribution in [-0.2, 0) is 13.0 Å². The first-order valence-electron chi connectivity index (χ1n) is 5.83. The van der Waals surface area contributed by atoms with E-state index in [9.17, 15) is 8.78 Å². The second-order valence-electron chi connectivity index (χ2n) is 4.12. The minimum Gasteiger partial charge on any atom is -0.381 e. The molecule has 0 amide bonds. The van der Waals surface area contributed by atoms with Crippen LogP contribution in [0.1, 0.15) is 11.1 Å². The van der Waals surface area contributed by atoms with Crippen molar-refractivity contribution >= 4 is 5.69 Å². The number of benzene rings is 2. The van der Waals surface area contributed by atoms with E-state index in [1.54, 1.807) is 0 Å². The van der Waals surface area contributed by atoms with Gasteiger partial charge in [0.25, 0.3) is 0 Å². The molecule has 0 heterocycles. The Balaban J connectivity index is 2.02. The molecular weight excluding hydrogens is 246 g/mol. The van der Waals surface area contributed by atoms with Crippen molar-refractivity contribution in [2.24, 2.45) is 0 Å². The third kappa shape index (κ3) is 3.52. The van der Waals surface area contributed by atoms with Crippen molar-refractivity contribution in [1.82, 2.24) is 0 Å². The molecule has 0 saturated carbocycles. The van der Waals surface area contributed by atoms with Gasteiger partial charge < -0.3 is 5.32 Å². The Labute approximate surface area is 110 Å². The SMILES string of the molecule is N#CCc1ccc(NCc2cc(F)ccc2F)cc1. The summed E-state index contributed by atoms with van der Waals surface area (Å²) < 4.78 is 26.4. The Morgan fingerprint density at radius 1 is 1.05 bits per heavy atom. The average molecular weight is 258 g/mol. The monoisotopic (exact) mass is 258 g/mol. The Bertz CT molecular complexity index is 601. The molecular formula is C15H12F2N2. The quantitative estimate of drug-likeness (QED) is 0.908. The van der Waals surface area contributed by atoms with E-state index in [0.29, 0.717) is 6.42 Å². The van der Waals surface area contributed by atoms with Crippen molar-refractivity contribution < 1.29 is 8.78 Å². The fourth-order valence-corrected chi connectivity index (χ4v) is 1.71. The first-order valence-corrected chi connectivity index (χ1v) is 5.83. The molecule has 0 spiro atoms. The van der Waals surface area contributed by atoms with Gasteiger partial charge in [-0.1, -0.05) is 12.1 Å². The van der Waals surface area contributed by atoms with E-state index in [0.717, 1.165) is 23.4 Å². The van der Waals surface area contributed by atoms with Gasteiger partial charge in [0.2, 0.25) is 0 Å². The van der Waals surface area contributed by atoms with E-state index in [2.05, 4.69) is 11.4 Å². The molecule has 0 fully saturated rings. The van der Waals surface area contributed by atoms with Crippen LogP contribution in [-0.4, -0.2) is 0 Å². The lowest BCUT2D eigenvalue weighted by Gasteiger charge is -2.08. The van der Waals surface area contributed by atoms with E-state index in [1.807, 2.05) is 24.3 Å². The minimum absolute atomic E-state index is 0.210. The maximum Gasteiger partial charge on any atom is 0.128 e. The van der Waals surface area contributed by atoms with E-state index in [-0.39, 0.29) is 12.1 Å². The molecule has 0 aliphatic carbocycles. The highest BCUT2D eigenvalue weighted by molar-refractivity contribution is 5.45. The predicted molar refractivity (Wildman–Crippen MR) is 69.4 cm³/mol. The zero-order valence-corrected chi connectivity index (χ0v) is 10.2. The second kappa shape index (κ2) is 5.96. The van der Waals surface area contributed by atoms with Crippen LogP contribution in [0.5, 0.6) is 0 Å². The molecule has 4 heteroatoms. The molecule has 96 valence electrons. The predicted octanol–water partition coefficient (Wildman–Crippen LogP) is 3.64. The van der Waals surface area contributed by atoms with Gasteiger partial charge in [-0.3, -0.25) is 0 Å². The number of hydrogen-bond donors (Lipinski definition) is 1. The van der Waals surface area contributed by atoms with Crippen molar-refractivity contribution in [1.29, 1.82) is 5.26 Å². The third-order valence-electron chi connectivity index (χ3n) is 2.73. The van der Waals surface area contributed by atoms with Crippen molar-refractivity contribution in [2.45, 2.75) is 13.0 Å². The normalized spacial score (nSPS) is 9.95. The Morgan fingerprint density at radius 2 is 1.79 bits per heavy atom. The number of halogens is 2. The second-order valence-corrected chi connectivity index (χ2v) is 4.12. The molecule has 0 aliphatic heterocycles. The van der Waals surface area contributed by atoms with Gasteiger partial charge in [-0.25, -0.2) is 8.78 Å². The fourth-order valence-electron chi connectivity index (χ4n) is 1.71. The van der Waals surface area contributed by atoms with Crippen molar-refractivity contribution in [2.75, 3.05) is 5.32 Å². The summed E-state index contributed by atoms with van der Waals surface area (Å²) in [5, 5.41) is 11.6. The highest BCUT2D eigenvalue weighted by Gasteiger charge is 2.03. The summed E-state index contributed by atoms with van der Waals surface area (Å²) in [6.45, 7) is 0.210. The highest BCUT2D eigenvalue weighted by Crippen LogP contribution is 2.14. The van der Waals surface area contributed by atoms with Gasteiger partial charge in [0.1, 0.15) is 11.6 Å². The number of anilines is 1. The van der Waals surface area contributed by atoms with Crippen LogP contribution in [0.2, 0.25) is 0 Å². The molecule has 0 bridgehead atoms. The lowest BCUT2D eigenvalue weighted by Crippen LogP contribution is -2.02. The van der Waals surface area contributed by atoms with Gasteiger partial charge in [0.05, 0.1) is 12.5 Å². The summed E-state index contributed by atoms with van der Waals surface area (Å²) in [5.41, 5.74) is 2.00. The van der Waals surface area contributed by atoms with Gasteiger partial charge in [0, 0.05) is 17.8 Å². The number of hydrogen-bond acceptors (Lipinski definition) is 2. The Hall–Kier alpha value is -2.41. The number of rotatable bonds is 4. The standard InChI is InChI=1S/C15H12F2N2/c16-13-3-6-15(17)12(9-13)10-19-14-4-1-11(2-5-14)7-8-18/h1-6,9,19H,7,10H2. The first-order chi connectivity index (χ1) is 9.19. The zero-order valence-electron chi connectivity index (χ0n) is 10.2. The van der Waals surface area contributed by atoms with Crippen LogP contribution < -0.4 is 5.32 Å². The van der Waals surface area contributed by atoms with Crippen molar-refractivity contribution in [3.8, 4) is 6.07 Å². The Kier molecular flexibility index (Phi) is 4.09. The molecule has 0 aliphatic rings. The first kappa shape index (κ1) is 13.0. The van der Waals surface area contributed by atoms with Crippen molar-refractivity contribution in [3.05, 3.63) is 65.2 Å². The lowest BCUT2D eigenvalue weighted by molar-refractivity contribution is 0.587. The molecule has 2 nitrogen and oxygen atoms in total. The zero-order chi connectivity index (χ0) is 13.7. The molecule has 0 aromatic heterocycles. The molecule has 0 atom stereocenters. The number of nitrogens with one attached hydrogen (secondary N) is 1. The summed E-state index contributed by atoms with van der Waals surface area (Å²) in [7, 11) is 0. The molecule has 0 saturated heterocycles. The summed E-state index contributed by atoms with van der Waals surface area (Å²) in [5.74, 6) is -0.891. The Morgan fingerprint density at radius 3 is 2.47 bits per heavy atom. The molecule has 2 aromatic rings. The topological polar surface area (TPSA) is 35.8 Å². The number of nitriles is 1. The maximum atomic E-state index is 13.4. The molecule has 2 rings (SSSR count). The minimum atomic E-state index is -0.456. The molecule has 19 heavy (non-hydrogen) atoms. The number of nitrogens with zero attached hydrogens (tertiary/aromatic N) is 1. The summed E-state index contributed by atoms with van der Waals surface area (Å²) >= 11 is 0. The van der Waals surface area contributed by atoms with Crippen LogP contribution in [0.3, 0.4) is 0 Å². The van der Waals surface area contributed by atoms with Crippen LogP contribution in [0.25, 0.3) is 0 Å². The van der Waals surface area contributed by atoms with Crippen molar-refractivity contribution in [3.63, 3.8) is 0 Å². The van der Waals surface area contributed by atoms with Gasteiger partial charge in [-0.05, 0) is 35.9 Å². The average Bonchev–Trinajstić information content (AvgIpc) is 2.42. The lowest BCUT2D eigenvalue weighted by atomic mass is 10.1. The van der Waals surface area contributed by atoms with E-state index >= 15 is 0 Å². The summed E-state index contributed by atoms with van der Waals surface area (Å²) in [6, 6.07) is 12.7. The molecule has 2 aromatic carbocycles. The van der Waals surface area contributed by atoms with Gasteiger partial charge >= 0.3 is 0 Å².